The van der Waals surface area contributed by atoms with Gasteiger partial charge in [0.1, 0.15) is 10.8 Å². The van der Waals surface area contributed by atoms with E-state index in [9.17, 15) is 9.18 Å². The van der Waals surface area contributed by atoms with Gasteiger partial charge in [0.05, 0.1) is 17.5 Å². The van der Waals surface area contributed by atoms with Crippen molar-refractivity contribution in [2.45, 2.75) is 0 Å². The molecule has 2 heterocycles. The van der Waals surface area contributed by atoms with Gasteiger partial charge >= 0.3 is 5.97 Å². The highest BCUT2D eigenvalue weighted by atomic mass is 32.1. The number of aromatic nitrogens is 2. The third-order valence-corrected chi connectivity index (χ3v) is 3.75. The molecule has 0 spiro atoms. The summed E-state index contributed by atoms with van der Waals surface area (Å²) in [6.07, 6.45) is 2.67. The summed E-state index contributed by atoms with van der Waals surface area (Å²) in [4.78, 5) is 19.2. The normalized spacial score (nSPS) is 10.5. The van der Waals surface area contributed by atoms with Crippen molar-refractivity contribution in [1.29, 1.82) is 0 Å². The van der Waals surface area contributed by atoms with Crippen LogP contribution in [0.1, 0.15) is 10.4 Å². The highest BCUT2D eigenvalue weighted by Crippen LogP contribution is 2.29. The maximum atomic E-state index is 13.2. The van der Waals surface area contributed by atoms with Gasteiger partial charge in [-0.25, -0.2) is 14.2 Å². The topological polar surface area (TPSA) is 63.1 Å². The SMILES string of the molecule is O=C(O)c1cccc(-c2nc(-c3cncc(F)c3)cs2)c1. The largest absolute Gasteiger partial charge is 0.478 e. The van der Waals surface area contributed by atoms with Crippen molar-refractivity contribution in [2.75, 3.05) is 0 Å². The van der Waals surface area contributed by atoms with E-state index in [4.69, 9.17) is 5.11 Å². The van der Waals surface area contributed by atoms with Crippen molar-refractivity contribution >= 4 is 17.3 Å². The fourth-order valence-corrected chi connectivity index (χ4v) is 2.70. The number of aromatic carboxylic acids is 1. The number of carboxylic acid groups (broad SMARTS) is 1. The van der Waals surface area contributed by atoms with E-state index in [1.165, 1.54) is 29.7 Å². The molecule has 2 aromatic heterocycles. The third-order valence-electron chi connectivity index (χ3n) is 2.86. The number of thiazole rings is 1. The van der Waals surface area contributed by atoms with Gasteiger partial charge in [0.2, 0.25) is 0 Å². The molecule has 0 radical (unpaired) electrons. The number of hydrogen-bond acceptors (Lipinski definition) is 4. The number of halogens is 1. The molecule has 0 fully saturated rings. The Labute approximate surface area is 123 Å². The van der Waals surface area contributed by atoms with Crippen molar-refractivity contribution in [3.05, 3.63) is 59.5 Å². The Morgan fingerprint density at radius 3 is 2.81 bits per heavy atom. The number of hydrogen-bond donors (Lipinski definition) is 1. The maximum absolute atomic E-state index is 13.2. The Bertz CT molecular complexity index is 817. The van der Waals surface area contributed by atoms with E-state index < -0.39 is 11.8 Å². The molecular weight excluding hydrogens is 291 g/mol. The summed E-state index contributed by atoms with van der Waals surface area (Å²) in [6.45, 7) is 0. The fourth-order valence-electron chi connectivity index (χ4n) is 1.88. The summed E-state index contributed by atoms with van der Waals surface area (Å²) in [6, 6.07) is 7.91. The van der Waals surface area contributed by atoms with Crippen LogP contribution in [-0.2, 0) is 0 Å². The lowest BCUT2D eigenvalue weighted by atomic mass is 10.1. The Kier molecular flexibility index (Phi) is 3.45. The Morgan fingerprint density at radius 2 is 2.05 bits per heavy atom. The van der Waals surface area contributed by atoms with Crippen molar-refractivity contribution in [1.82, 2.24) is 9.97 Å². The second-order valence-corrected chi connectivity index (χ2v) is 5.17. The van der Waals surface area contributed by atoms with E-state index in [2.05, 4.69) is 9.97 Å². The summed E-state index contributed by atoms with van der Waals surface area (Å²) in [7, 11) is 0. The van der Waals surface area contributed by atoms with Gasteiger partial charge in [0, 0.05) is 22.7 Å². The van der Waals surface area contributed by atoms with Gasteiger partial charge in [-0.05, 0) is 18.2 Å². The first kappa shape index (κ1) is 13.4. The van der Waals surface area contributed by atoms with Gasteiger partial charge in [-0.1, -0.05) is 12.1 Å². The van der Waals surface area contributed by atoms with Gasteiger partial charge in [-0.3, -0.25) is 4.98 Å². The first-order chi connectivity index (χ1) is 10.1. The van der Waals surface area contributed by atoms with Crippen molar-refractivity contribution < 1.29 is 14.3 Å². The zero-order valence-corrected chi connectivity index (χ0v) is 11.5. The predicted octanol–water partition coefficient (Wildman–Crippen LogP) is 3.71. The molecule has 0 atom stereocenters. The molecule has 3 rings (SSSR count). The minimum atomic E-state index is -0.983. The minimum Gasteiger partial charge on any atom is -0.478 e. The van der Waals surface area contributed by atoms with Crippen LogP contribution in [0.15, 0.2) is 48.1 Å². The predicted molar refractivity (Wildman–Crippen MR) is 77.7 cm³/mol. The van der Waals surface area contributed by atoms with Crippen LogP contribution in [0.25, 0.3) is 21.8 Å². The molecule has 0 saturated heterocycles. The Morgan fingerprint density at radius 1 is 1.19 bits per heavy atom. The smallest absolute Gasteiger partial charge is 0.335 e. The molecule has 3 aromatic rings. The van der Waals surface area contributed by atoms with Gasteiger partial charge in [0.25, 0.3) is 0 Å². The molecule has 1 N–H and O–H groups in total. The summed E-state index contributed by atoms with van der Waals surface area (Å²) in [5.41, 5.74) is 2.13. The van der Waals surface area contributed by atoms with E-state index in [0.29, 0.717) is 16.3 Å². The van der Waals surface area contributed by atoms with Crippen LogP contribution in [0.3, 0.4) is 0 Å². The van der Waals surface area contributed by atoms with Gasteiger partial charge in [0.15, 0.2) is 0 Å². The lowest BCUT2D eigenvalue weighted by Gasteiger charge is -1.99. The fraction of sp³-hybridized carbons (Fsp3) is 0. The zero-order chi connectivity index (χ0) is 14.8. The second kappa shape index (κ2) is 5.41. The van der Waals surface area contributed by atoms with Crippen LogP contribution in [0.4, 0.5) is 4.39 Å². The van der Waals surface area contributed by atoms with Crippen LogP contribution in [0, 0.1) is 5.82 Å². The first-order valence-corrected chi connectivity index (χ1v) is 6.91. The molecule has 0 amide bonds. The number of rotatable bonds is 3. The van der Waals surface area contributed by atoms with E-state index in [0.717, 1.165) is 11.8 Å². The van der Waals surface area contributed by atoms with E-state index in [1.807, 2.05) is 0 Å². The molecule has 0 aliphatic carbocycles. The van der Waals surface area contributed by atoms with Crippen LogP contribution >= 0.6 is 11.3 Å². The standard InChI is InChI=1S/C15H9FN2O2S/c16-12-5-11(6-17-7-12)13-8-21-14(18-13)9-2-1-3-10(4-9)15(19)20/h1-8H,(H,19,20). The van der Waals surface area contributed by atoms with E-state index in [-0.39, 0.29) is 5.56 Å². The molecule has 4 nitrogen and oxygen atoms in total. The highest BCUT2D eigenvalue weighted by Gasteiger charge is 2.10. The molecule has 0 aliphatic rings. The molecule has 21 heavy (non-hydrogen) atoms. The number of nitrogens with zero attached hydrogens (tertiary/aromatic N) is 2. The average molecular weight is 300 g/mol. The Hall–Kier alpha value is -2.60. The number of benzene rings is 1. The third kappa shape index (κ3) is 2.80. The minimum absolute atomic E-state index is 0.205. The molecule has 0 unspecified atom stereocenters. The molecule has 0 saturated carbocycles. The van der Waals surface area contributed by atoms with Crippen LogP contribution in [0.5, 0.6) is 0 Å². The molecule has 0 aliphatic heterocycles. The van der Waals surface area contributed by atoms with Crippen molar-refractivity contribution in [3.8, 4) is 21.8 Å². The molecule has 6 heteroatoms. The quantitative estimate of drug-likeness (QED) is 0.801. The molecule has 1 aromatic carbocycles. The number of pyridine rings is 1. The molecule has 104 valence electrons. The molecular formula is C15H9FN2O2S. The molecule has 0 bridgehead atoms. The highest BCUT2D eigenvalue weighted by molar-refractivity contribution is 7.13. The van der Waals surface area contributed by atoms with E-state index in [1.54, 1.807) is 23.6 Å². The summed E-state index contributed by atoms with van der Waals surface area (Å²) < 4.78 is 13.2. The summed E-state index contributed by atoms with van der Waals surface area (Å²) in [5, 5.41) is 11.5. The number of carboxylic acids is 1. The average Bonchev–Trinajstić information content (AvgIpc) is 2.97. The van der Waals surface area contributed by atoms with Gasteiger partial charge in [-0.15, -0.1) is 11.3 Å². The van der Waals surface area contributed by atoms with Crippen molar-refractivity contribution in [2.24, 2.45) is 0 Å². The van der Waals surface area contributed by atoms with Gasteiger partial charge < -0.3 is 5.11 Å². The summed E-state index contributed by atoms with van der Waals surface area (Å²) >= 11 is 1.37. The van der Waals surface area contributed by atoms with Crippen LogP contribution in [0.2, 0.25) is 0 Å². The summed E-state index contributed by atoms with van der Waals surface area (Å²) in [5.74, 6) is -1.40. The Balaban J connectivity index is 1.98. The van der Waals surface area contributed by atoms with Gasteiger partial charge in [-0.2, -0.15) is 0 Å². The van der Waals surface area contributed by atoms with Crippen molar-refractivity contribution in [3.63, 3.8) is 0 Å². The maximum Gasteiger partial charge on any atom is 0.335 e. The second-order valence-electron chi connectivity index (χ2n) is 4.32. The lowest BCUT2D eigenvalue weighted by molar-refractivity contribution is 0.0697. The lowest BCUT2D eigenvalue weighted by Crippen LogP contribution is -1.95. The van der Waals surface area contributed by atoms with E-state index >= 15 is 0 Å². The number of carbonyl (C=O) groups is 1. The zero-order valence-electron chi connectivity index (χ0n) is 10.7. The van der Waals surface area contributed by atoms with Crippen LogP contribution in [-0.4, -0.2) is 21.0 Å². The first-order valence-electron chi connectivity index (χ1n) is 6.03. The monoisotopic (exact) mass is 300 g/mol. The van der Waals surface area contributed by atoms with Crippen LogP contribution < -0.4 is 0 Å².